The van der Waals surface area contributed by atoms with E-state index in [1.54, 1.807) is 18.3 Å². The molecule has 2 N–H and O–H groups in total. The molecule has 0 saturated heterocycles. The summed E-state index contributed by atoms with van der Waals surface area (Å²) in [5, 5.41) is 10.1. The minimum atomic E-state index is -0.170. The van der Waals surface area contributed by atoms with Crippen molar-refractivity contribution >= 4 is 0 Å². The van der Waals surface area contributed by atoms with Crippen LogP contribution in [-0.4, -0.2) is 10.2 Å². The number of halogens is 1. The van der Waals surface area contributed by atoms with Crippen molar-refractivity contribution in [1.82, 2.24) is 15.5 Å². The van der Waals surface area contributed by atoms with Crippen LogP contribution in [0.3, 0.4) is 0 Å². The minimum absolute atomic E-state index is 0.0227. The average Bonchev–Trinajstić information content (AvgIpc) is 2.72. The number of aromatic nitrogens is 2. The fraction of sp³-hybridized carbons (Fsp3) is 0.308. The first kappa shape index (κ1) is 11.8. The lowest BCUT2D eigenvalue weighted by atomic mass is 10.1. The van der Waals surface area contributed by atoms with E-state index in [2.05, 4.69) is 15.5 Å². The normalized spacial score (nSPS) is 12.6. The molecule has 90 valence electrons. The summed E-state index contributed by atoms with van der Waals surface area (Å²) < 4.78 is 13.5. The summed E-state index contributed by atoms with van der Waals surface area (Å²) in [6.07, 6.45) is 1.79. The van der Waals surface area contributed by atoms with Gasteiger partial charge in [0.2, 0.25) is 0 Å². The molecule has 2 rings (SSSR count). The Hall–Kier alpha value is -1.68. The van der Waals surface area contributed by atoms with E-state index in [9.17, 15) is 4.39 Å². The largest absolute Gasteiger partial charge is 0.306 e. The third-order valence-corrected chi connectivity index (χ3v) is 2.90. The Bertz CT molecular complexity index is 493. The second-order valence-electron chi connectivity index (χ2n) is 4.14. The molecule has 1 aromatic carbocycles. The lowest BCUT2D eigenvalue weighted by Crippen LogP contribution is -2.19. The first-order chi connectivity index (χ1) is 8.18. The predicted molar refractivity (Wildman–Crippen MR) is 65.0 cm³/mol. The number of nitrogens with one attached hydrogen (secondary N) is 2. The van der Waals surface area contributed by atoms with Crippen LogP contribution in [0.2, 0.25) is 0 Å². The van der Waals surface area contributed by atoms with Gasteiger partial charge in [-0.05, 0) is 19.9 Å². The highest BCUT2D eigenvalue weighted by Gasteiger charge is 2.10. The van der Waals surface area contributed by atoms with Crippen LogP contribution in [-0.2, 0) is 6.54 Å². The smallest absolute Gasteiger partial charge is 0.127 e. The first-order valence-corrected chi connectivity index (χ1v) is 5.65. The van der Waals surface area contributed by atoms with E-state index in [4.69, 9.17) is 0 Å². The number of nitrogens with zero attached hydrogens (tertiary/aromatic N) is 1. The maximum atomic E-state index is 13.5. The number of aryl methyl sites for hydroxylation is 1. The molecule has 1 atom stereocenters. The maximum Gasteiger partial charge on any atom is 0.127 e. The van der Waals surface area contributed by atoms with E-state index < -0.39 is 0 Å². The van der Waals surface area contributed by atoms with Crippen LogP contribution < -0.4 is 5.32 Å². The van der Waals surface area contributed by atoms with Crippen molar-refractivity contribution in [2.75, 3.05) is 0 Å². The number of hydrogen-bond donors (Lipinski definition) is 2. The first-order valence-electron chi connectivity index (χ1n) is 5.65. The van der Waals surface area contributed by atoms with Gasteiger partial charge in [-0.25, -0.2) is 4.39 Å². The maximum absolute atomic E-state index is 13.5. The zero-order chi connectivity index (χ0) is 12.3. The molecule has 0 bridgehead atoms. The van der Waals surface area contributed by atoms with Crippen molar-refractivity contribution in [2.24, 2.45) is 0 Å². The summed E-state index contributed by atoms with van der Waals surface area (Å²) in [5.74, 6) is -0.170. The fourth-order valence-corrected chi connectivity index (χ4v) is 1.75. The van der Waals surface area contributed by atoms with Crippen molar-refractivity contribution in [3.63, 3.8) is 0 Å². The zero-order valence-electron chi connectivity index (χ0n) is 10.00. The molecule has 0 aliphatic carbocycles. The molecule has 4 heteroatoms. The summed E-state index contributed by atoms with van der Waals surface area (Å²) in [7, 11) is 0. The number of rotatable bonds is 4. The van der Waals surface area contributed by atoms with Crippen LogP contribution in [0, 0.1) is 12.7 Å². The third-order valence-electron chi connectivity index (χ3n) is 2.90. The molecule has 0 radical (unpaired) electrons. The molecule has 1 heterocycles. The van der Waals surface area contributed by atoms with E-state index in [1.807, 2.05) is 19.9 Å². The number of benzene rings is 1. The van der Waals surface area contributed by atoms with Gasteiger partial charge in [0.1, 0.15) is 5.82 Å². The van der Waals surface area contributed by atoms with E-state index in [-0.39, 0.29) is 11.9 Å². The van der Waals surface area contributed by atoms with Gasteiger partial charge in [-0.15, -0.1) is 0 Å². The summed E-state index contributed by atoms with van der Waals surface area (Å²) in [5.41, 5.74) is 2.83. The van der Waals surface area contributed by atoms with Gasteiger partial charge in [-0.1, -0.05) is 18.2 Å². The highest BCUT2D eigenvalue weighted by atomic mass is 19.1. The van der Waals surface area contributed by atoms with Gasteiger partial charge in [0.15, 0.2) is 0 Å². The van der Waals surface area contributed by atoms with E-state index in [0.717, 1.165) is 11.3 Å². The molecule has 0 saturated carbocycles. The van der Waals surface area contributed by atoms with Crippen LogP contribution in [0.5, 0.6) is 0 Å². The predicted octanol–water partition coefficient (Wildman–Crippen LogP) is 2.71. The highest BCUT2D eigenvalue weighted by molar-refractivity contribution is 5.21. The van der Waals surface area contributed by atoms with Gasteiger partial charge >= 0.3 is 0 Å². The molecule has 0 aliphatic heterocycles. The van der Waals surface area contributed by atoms with Crippen molar-refractivity contribution in [1.29, 1.82) is 0 Å². The van der Waals surface area contributed by atoms with Gasteiger partial charge in [0.25, 0.3) is 0 Å². The Morgan fingerprint density at radius 3 is 2.82 bits per heavy atom. The molecule has 1 aromatic heterocycles. The van der Waals surface area contributed by atoms with E-state index in [0.29, 0.717) is 12.1 Å². The van der Waals surface area contributed by atoms with Crippen LogP contribution >= 0.6 is 0 Å². The summed E-state index contributed by atoms with van der Waals surface area (Å²) >= 11 is 0. The van der Waals surface area contributed by atoms with Crippen LogP contribution in [0.1, 0.15) is 29.8 Å². The number of aromatic amines is 1. The molecule has 3 nitrogen and oxygen atoms in total. The van der Waals surface area contributed by atoms with Gasteiger partial charge < -0.3 is 5.32 Å². The van der Waals surface area contributed by atoms with Crippen molar-refractivity contribution < 1.29 is 4.39 Å². The average molecular weight is 233 g/mol. The van der Waals surface area contributed by atoms with Crippen molar-refractivity contribution in [3.8, 4) is 0 Å². The van der Waals surface area contributed by atoms with Crippen molar-refractivity contribution in [3.05, 3.63) is 53.1 Å². The lowest BCUT2D eigenvalue weighted by Gasteiger charge is -2.14. The molecular formula is C13H16FN3. The molecular weight excluding hydrogens is 217 g/mol. The summed E-state index contributed by atoms with van der Waals surface area (Å²) in [6.45, 7) is 4.60. The molecule has 2 aromatic rings. The number of H-pyrrole nitrogens is 1. The quantitative estimate of drug-likeness (QED) is 0.852. The van der Waals surface area contributed by atoms with E-state index >= 15 is 0 Å². The SMILES string of the molecule is Cc1[nH]ncc1CN[C@@H](C)c1ccccc1F. The Labute approximate surface area is 100 Å². The van der Waals surface area contributed by atoms with Crippen LogP contribution in [0.4, 0.5) is 4.39 Å². The molecule has 0 amide bonds. The van der Waals surface area contributed by atoms with Crippen molar-refractivity contribution in [2.45, 2.75) is 26.4 Å². The Morgan fingerprint density at radius 2 is 2.18 bits per heavy atom. The van der Waals surface area contributed by atoms with Crippen LogP contribution in [0.15, 0.2) is 30.5 Å². The molecule has 0 aliphatic rings. The summed E-state index contributed by atoms with van der Waals surface area (Å²) in [6, 6.07) is 6.81. The molecule has 0 fully saturated rings. The molecule has 0 unspecified atom stereocenters. The van der Waals surface area contributed by atoms with Gasteiger partial charge in [-0.3, -0.25) is 5.10 Å². The van der Waals surface area contributed by atoms with Gasteiger partial charge in [-0.2, -0.15) is 5.10 Å². The standard InChI is InChI=1S/C13H16FN3/c1-9-11(8-16-17-9)7-15-10(2)12-5-3-4-6-13(12)14/h3-6,8,10,15H,7H2,1-2H3,(H,16,17)/t10-/m0/s1. The Balaban J connectivity index is 2.01. The monoisotopic (exact) mass is 233 g/mol. The van der Waals surface area contributed by atoms with E-state index in [1.165, 1.54) is 6.07 Å². The van der Waals surface area contributed by atoms with Crippen LogP contribution in [0.25, 0.3) is 0 Å². The second-order valence-corrected chi connectivity index (χ2v) is 4.14. The Morgan fingerprint density at radius 1 is 1.41 bits per heavy atom. The third kappa shape index (κ3) is 2.71. The van der Waals surface area contributed by atoms with Gasteiger partial charge in [0, 0.05) is 29.4 Å². The second kappa shape index (κ2) is 5.10. The highest BCUT2D eigenvalue weighted by Crippen LogP contribution is 2.16. The van der Waals surface area contributed by atoms with Gasteiger partial charge in [0.05, 0.1) is 6.20 Å². The summed E-state index contributed by atoms with van der Waals surface area (Å²) in [4.78, 5) is 0. The minimum Gasteiger partial charge on any atom is -0.306 e. The number of hydrogen-bond acceptors (Lipinski definition) is 2. The Kier molecular flexibility index (Phi) is 3.54. The fourth-order valence-electron chi connectivity index (χ4n) is 1.75. The molecule has 0 spiro atoms. The lowest BCUT2D eigenvalue weighted by molar-refractivity contribution is 0.528. The topological polar surface area (TPSA) is 40.7 Å². The zero-order valence-corrected chi connectivity index (χ0v) is 10.00. The molecule has 17 heavy (non-hydrogen) atoms.